The fourth-order valence-electron chi connectivity index (χ4n) is 1.84. The maximum absolute atomic E-state index is 13.5. The molecule has 0 amide bonds. The first-order valence-electron chi connectivity index (χ1n) is 5.88. The van der Waals surface area contributed by atoms with Gasteiger partial charge in [-0.2, -0.15) is 13.2 Å². The number of aryl methyl sites for hydroxylation is 1. The molecule has 2 rings (SSSR count). The summed E-state index contributed by atoms with van der Waals surface area (Å²) in [6.45, 7) is 1.69. The number of benzene rings is 2. The van der Waals surface area contributed by atoms with E-state index in [0.717, 1.165) is 6.07 Å². The standard InChI is InChI=1S/C15H9ClF4O/c1-8-6-9(3-5-12(8)16)14(21)10-2-4-11(13(17)7-10)15(18,19)20/h2-7H,1H3. The van der Waals surface area contributed by atoms with Crippen molar-refractivity contribution in [2.75, 3.05) is 0 Å². The quantitative estimate of drug-likeness (QED) is 0.560. The number of ketones is 1. The van der Waals surface area contributed by atoms with E-state index < -0.39 is 23.3 Å². The van der Waals surface area contributed by atoms with Gasteiger partial charge >= 0.3 is 6.18 Å². The average Bonchev–Trinajstić information content (AvgIpc) is 2.39. The van der Waals surface area contributed by atoms with Crippen LogP contribution in [0.15, 0.2) is 36.4 Å². The molecule has 110 valence electrons. The van der Waals surface area contributed by atoms with E-state index in [9.17, 15) is 22.4 Å². The van der Waals surface area contributed by atoms with Gasteiger partial charge in [-0.05, 0) is 42.8 Å². The molecule has 21 heavy (non-hydrogen) atoms. The Morgan fingerprint density at radius 3 is 2.14 bits per heavy atom. The van der Waals surface area contributed by atoms with Crippen LogP contribution in [0.25, 0.3) is 0 Å². The Kier molecular flexibility index (Phi) is 4.05. The molecule has 0 aromatic heterocycles. The number of hydrogen-bond donors (Lipinski definition) is 0. The first-order chi connectivity index (χ1) is 9.70. The molecule has 0 bridgehead atoms. The van der Waals surface area contributed by atoms with Gasteiger partial charge < -0.3 is 0 Å². The van der Waals surface area contributed by atoms with Gasteiger partial charge in [0.05, 0.1) is 5.56 Å². The highest BCUT2D eigenvalue weighted by atomic mass is 35.5. The van der Waals surface area contributed by atoms with Crippen molar-refractivity contribution in [2.45, 2.75) is 13.1 Å². The van der Waals surface area contributed by atoms with E-state index in [1.165, 1.54) is 18.2 Å². The summed E-state index contributed by atoms with van der Waals surface area (Å²) in [5.74, 6) is -2.04. The predicted molar refractivity (Wildman–Crippen MR) is 71.0 cm³/mol. The van der Waals surface area contributed by atoms with Crippen LogP contribution in [0.3, 0.4) is 0 Å². The molecule has 0 N–H and O–H groups in total. The zero-order valence-electron chi connectivity index (χ0n) is 10.8. The molecule has 0 spiro atoms. The normalized spacial score (nSPS) is 11.5. The number of carbonyl (C=O) groups excluding carboxylic acids is 1. The van der Waals surface area contributed by atoms with E-state index in [2.05, 4.69) is 0 Å². The van der Waals surface area contributed by atoms with Gasteiger partial charge in [0.25, 0.3) is 0 Å². The van der Waals surface area contributed by atoms with Gasteiger partial charge in [0.2, 0.25) is 0 Å². The van der Waals surface area contributed by atoms with Gasteiger partial charge in [-0.3, -0.25) is 4.79 Å². The number of alkyl halides is 3. The number of carbonyl (C=O) groups is 1. The molecular weight excluding hydrogens is 308 g/mol. The SMILES string of the molecule is Cc1cc(C(=O)c2ccc(C(F)(F)F)c(F)c2)ccc1Cl. The molecule has 0 radical (unpaired) electrons. The Morgan fingerprint density at radius 1 is 1.05 bits per heavy atom. The lowest BCUT2D eigenvalue weighted by Crippen LogP contribution is -2.10. The van der Waals surface area contributed by atoms with Crippen molar-refractivity contribution in [1.29, 1.82) is 0 Å². The minimum atomic E-state index is -4.79. The van der Waals surface area contributed by atoms with Crippen LogP contribution in [0.5, 0.6) is 0 Å². The highest BCUT2D eigenvalue weighted by Crippen LogP contribution is 2.32. The summed E-state index contributed by atoms with van der Waals surface area (Å²) in [4.78, 5) is 12.1. The monoisotopic (exact) mass is 316 g/mol. The Labute approximate surface area is 123 Å². The van der Waals surface area contributed by atoms with Crippen LogP contribution < -0.4 is 0 Å². The summed E-state index contributed by atoms with van der Waals surface area (Å²) in [5, 5.41) is 0.463. The minimum Gasteiger partial charge on any atom is -0.289 e. The van der Waals surface area contributed by atoms with Crippen molar-refractivity contribution < 1.29 is 22.4 Å². The maximum Gasteiger partial charge on any atom is 0.419 e. The Morgan fingerprint density at radius 2 is 1.62 bits per heavy atom. The van der Waals surface area contributed by atoms with Gasteiger partial charge in [0, 0.05) is 16.1 Å². The second-order valence-corrected chi connectivity index (χ2v) is 4.89. The first-order valence-corrected chi connectivity index (χ1v) is 6.25. The summed E-state index contributed by atoms with van der Waals surface area (Å²) in [6.07, 6.45) is -4.79. The third-order valence-electron chi connectivity index (χ3n) is 2.96. The molecule has 0 atom stereocenters. The van der Waals surface area contributed by atoms with Crippen LogP contribution in [0.2, 0.25) is 5.02 Å². The van der Waals surface area contributed by atoms with Crippen molar-refractivity contribution in [3.05, 3.63) is 69.5 Å². The zero-order chi connectivity index (χ0) is 15.8. The van der Waals surface area contributed by atoms with E-state index in [1.54, 1.807) is 6.92 Å². The highest BCUT2D eigenvalue weighted by Gasteiger charge is 2.34. The predicted octanol–water partition coefficient (Wildman–Crippen LogP) is 5.04. The van der Waals surface area contributed by atoms with Crippen molar-refractivity contribution in [2.24, 2.45) is 0 Å². The lowest BCUT2D eigenvalue weighted by atomic mass is 10.00. The van der Waals surface area contributed by atoms with E-state index in [1.807, 2.05) is 0 Å². The second-order valence-electron chi connectivity index (χ2n) is 4.49. The molecule has 1 nitrogen and oxygen atoms in total. The lowest BCUT2D eigenvalue weighted by Gasteiger charge is -2.09. The van der Waals surface area contributed by atoms with E-state index in [4.69, 9.17) is 11.6 Å². The molecule has 0 saturated carbocycles. The van der Waals surface area contributed by atoms with Crippen LogP contribution in [-0.4, -0.2) is 5.78 Å². The summed E-state index contributed by atoms with van der Waals surface area (Å²) in [5.41, 5.74) is -0.667. The van der Waals surface area contributed by atoms with E-state index in [0.29, 0.717) is 22.7 Å². The summed E-state index contributed by atoms with van der Waals surface area (Å²) in [7, 11) is 0. The van der Waals surface area contributed by atoms with E-state index in [-0.39, 0.29) is 11.1 Å². The Bertz CT molecular complexity index is 707. The number of hydrogen-bond acceptors (Lipinski definition) is 1. The Balaban J connectivity index is 2.40. The summed E-state index contributed by atoms with van der Waals surface area (Å²) >= 11 is 5.83. The fraction of sp³-hybridized carbons (Fsp3) is 0.133. The van der Waals surface area contributed by atoms with Crippen LogP contribution >= 0.6 is 11.6 Å². The largest absolute Gasteiger partial charge is 0.419 e. The van der Waals surface area contributed by atoms with Crippen molar-refractivity contribution >= 4 is 17.4 Å². The third-order valence-corrected chi connectivity index (χ3v) is 3.38. The molecule has 0 fully saturated rings. The van der Waals surface area contributed by atoms with Crippen molar-refractivity contribution in [3.8, 4) is 0 Å². The van der Waals surface area contributed by atoms with Gasteiger partial charge in [-0.15, -0.1) is 0 Å². The highest BCUT2D eigenvalue weighted by molar-refractivity contribution is 6.31. The summed E-state index contributed by atoms with van der Waals surface area (Å²) in [6, 6.07) is 6.55. The van der Waals surface area contributed by atoms with Crippen LogP contribution in [0.1, 0.15) is 27.0 Å². The fourth-order valence-corrected chi connectivity index (χ4v) is 1.96. The smallest absolute Gasteiger partial charge is 0.289 e. The van der Waals surface area contributed by atoms with Crippen LogP contribution in [-0.2, 0) is 6.18 Å². The minimum absolute atomic E-state index is 0.151. The maximum atomic E-state index is 13.5. The molecule has 6 heteroatoms. The van der Waals surface area contributed by atoms with Crippen molar-refractivity contribution in [3.63, 3.8) is 0 Å². The van der Waals surface area contributed by atoms with Crippen molar-refractivity contribution in [1.82, 2.24) is 0 Å². The second kappa shape index (κ2) is 5.48. The number of rotatable bonds is 2. The summed E-state index contributed by atoms with van der Waals surface area (Å²) < 4.78 is 50.9. The van der Waals surface area contributed by atoms with Gasteiger partial charge in [0.1, 0.15) is 5.82 Å². The molecule has 0 heterocycles. The molecule has 2 aromatic carbocycles. The first kappa shape index (κ1) is 15.5. The molecule has 2 aromatic rings. The lowest BCUT2D eigenvalue weighted by molar-refractivity contribution is -0.140. The molecular formula is C15H9ClF4O. The van der Waals surface area contributed by atoms with Gasteiger partial charge in [-0.25, -0.2) is 4.39 Å². The Hall–Kier alpha value is -1.88. The van der Waals surface area contributed by atoms with Crippen LogP contribution in [0.4, 0.5) is 17.6 Å². The third kappa shape index (κ3) is 3.24. The average molecular weight is 317 g/mol. The number of halogens is 5. The molecule has 0 aliphatic carbocycles. The van der Waals surface area contributed by atoms with E-state index >= 15 is 0 Å². The van der Waals surface area contributed by atoms with Gasteiger partial charge in [-0.1, -0.05) is 17.7 Å². The molecule has 0 unspecified atom stereocenters. The zero-order valence-corrected chi connectivity index (χ0v) is 11.5. The van der Waals surface area contributed by atoms with Gasteiger partial charge in [0.15, 0.2) is 5.78 Å². The molecule has 0 saturated heterocycles. The topological polar surface area (TPSA) is 17.1 Å². The van der Waals surface area contributed by atoms with Crippen LogP contribution in [0, 0.1) is 12.7 Å². The molecule has 0 aliphatic rings. The molecule has 0 aliphatic heterocycles.